The second-order valence-corrected chi connectivity index (χ2v) is 2.93. The monoisotopic (exact) mass is 159 g/mol. The number of rotatable bonds is 4. The van der Waals surface area contributed by atoms with Crippen LogP contribution in [0.3, 0.4) is 0 Å². The zero-order chi connectivity index (χ0) is 8.10. The summed E-state index contributed by atoms with van der Waals surface area (Å²) in [5.41, 5.74) is 0. The Labute approximate surface area is 67.7 Å². The van der Waals surface area contributed by atoms with Gasteiger partial charge in [-0.25, -0.2) is 0 Å². The number of hydrogen-bond donors (Lipinski definition) is 2. The topological polar surface area (TPSA) is 41.5 Å². The van der Waals surface area contributed by atoms with Crippen molar-refractivity contribution < 1.29 is 9.84 Å². The second kappa shape index (κ2) is 4.70. The molecule has 1 aliphatic heterocycles. The summed E-state index contributed by atoms with van der Waals surface area (Å²) in [4.78, 5) is 0. The molecule has 2 atom stereocenters. The maximum Gasteiger partial charge on any atom is 0.0714 e. The van der Waals surface area contributed by atoms with E-state index >= 15 is 0 Å². The van der Waals surface area contributed by atoms with Crippen LogP contribution in [0.25, 0.3) is 0 Å². The van der Waals surface area contributed by atoms with Crippen LogP contribution in [0.2, 0.25) is 0 Å². The molecule has 1 fully saturated rings. The van der Waals surface area contributed by atoms with Crippen molar-refractivity contribution in [3.63, 3.8) is 0 Å². The zero-order valence-corrected chi connectivity index (χ0v) is 7.05. The van der Waals surface area contributed by atoms with Gasteiger partial charge < -0.3 is 15.2 Å². The Morgan fingerprint density at radius 2 is 2.45 bits per heavy atom. The number of nitrogens with one attached hydrogen (secondary N) is 1. The standard InChI is InChI=1S/C8H17NO2/c1-2-11-8-5-7(3-4-10)9-6-8/h7-10H,2-6H2,1H3. The molecular weight excluding hydrogens is 142 g/mol. The molecule has 1 aliphatic rings. The van der Waals surface area contributed by atoms with Crippen LogP contribution in [0.4, 0.5) is 0 Å². The van der Waals surface area contributed by atoms with Gasteiger partial charge in [-0.2, -0.15) is 0 Å². The molecule has 0 aromatic rings. The van der Waals surface area contributed by atoms with Gasteiger partial charge in [-0.1, -0.05) is 0 Å². The van der Waals surface area contributed by atoms with Crippen LogP contribution >= 0.6 is 0 Å². The quantitative estimate of drug-likeness (QED) is 0.613. The molecule has 66 valence electrons. The van der Waals surface area contributed by atoms with Crippen LogP contribution in [0, 0.1) is 0 Å². The fourth-order valence-corrected chi connectivity index (χ4v) is 1.52. The Balaban J connectivity index is 2.12. The highest BCUT2D eigenvalue weighted by molar-refractivity contribution is 4.81. The van der Waals surface area contributed by atoms with Gasteiger partial charge in [-0.3, -0.25) is 0 Å². The molecule has 0 amide bonds. The number of hydrogen-bond acceptors (Lipinski definition) is 3. The summed E-state index contributed by atoms with van der Waals surface area (Å²) >= 11 is 0. The minimum absolute atomic E-state index is 0.274. The van der Waals surface area contributed by atoms with E-state index in [9.17, 15) is 0 Å². The van der Waals surface area contributed by atoms with E-state index in [0.717, 1.165) is 26.0 Å². The predicted octanol–water partition coefficient (Wildman–Crippen LogP) is 0.136. The lowest BCUT2D eigenvalue weighted by Gasteiger charge is -2.08. The fraction of sp³-hybridized carbons (Fsp3) is 1.00. The minimum Gasteiger partial charge on any atom is -0.396 e. The molecule has 3 nitrogen and oxygen atoms in total. The first-order valence-corrected chi connectivity index (χ1v) is 4.32. The zero-order valence-electron chi connectivity index (χ0n) is 7.05. The fourth-order valence-electron chi connectivity index (χ4n) is 1.52. The van der Waals surface area contributed by atoms with E-state index in [-0.39, 0.29) is 6.61 Å². The summed E-state index contributed by atoms with van der Waals surface area (Å²) in [7, 11) is 0. The van der Waals surface area contributed by atoms with Crippen molar-refractivity contribution in [2.24, 2.45) is 0 Å². The summed E-state index contributed by atoms with van der Waals surface area (Å²) in [6.45, 7) is 4.02. The van der Waals surface area contributed by atoms with Gasteiger partial charge in [0.05, 0.1) is 6.10 Å². The van der Waals surface area contributed by atoms with Gasteiger partial charge in [-0.05, 0) is 19.8 Å². The molecule has 2 N–H and O–H groups in total. The van der Waals surface area contributed by atoms with Crippen molar-refractivity contribution in [2.75, 3.05) is 19.8 Å². The van der Waals surface area contributed by atoms with Crippen molar-refractivity contribution in [1.82, 2.24) is 5.32 Å². The molecule has 1 heterocycles. The van der Waals surface area contributed by atoms with Gasteiger partial charge in [-0.15, -0.1) is 0 Å². The summed E-state index contributed by atoms with van der Waals surface area (Å²) in [6, 6.07) is 0.469. The van der Waals surface area contributed by atoms with Crippen molar-refractivity contribution >= 4 is 0 Å². The van der Waals surface area contributed by atoms with E-state index in [1.807, 2.05) is 6.92 Å². The smallest absolute Gasteiger partial charge is 0.0714 e. The first kappa shape index (κ1) is 8.97. The minimum atomic E-state index is 0.274. The number of aliphatic hydroxyl groups excluding tert-OH is 1. The second-order valence-electron chi connectivity index (χ2n) is 2.93. The highest BCUT2D eigenvalue weighted by Gasteiger charge is 2.23. The van der Waals surface area contributed by atoms with Gasteiger partial charge in [0.25, 0.3) is 0 Å². The van der Waals surface area contributed by atoms with Crippen LogP contribution in [0.1, 0.15) is 19.8 Å². The highest BCUT2D eigenvalue weighted by atomic mass is 16.5. The molecule has 0 aromatic heterocycles. The molecule has 1 saturated heterocycles. The van der Waals surface area contributed by atoms with Crippen molar-refractivity contribution in [2.45, 2.75) is 31.9 Å². The first-order chi connectivity index (χ1) is 5.36. The van der Waals surface area contributed by atoms with E-state index in [2.05, 4.69) is 5.32 Å². The Bertz CT molecular complexity index is 96.3. The maximum atomic E-state index is 8.66. The van der Waals surface area contributed by atoms with Crippen molar-refractivity contribution in [3.05, 3.63) is 0 Å². The molecular formula is C8H17NO2. The van der Waals surface area contributed by atoms with Crippen LogP contribution in [-0.4, -0.2) is 37.0 Å². The van der Waals surface area contributed by atoms with Gasteiger partial charge in [0.1, 0.15) is 0 Å². The largest absolute Gasteiger partial charge is 0.396 e. The van der Waals surface area contributed by atoms with E-state index < -0.39 is 0 Å². The van der Waals surface area contributed by atoms with E-state index in [1.54, 1.807) is 0 Å². The number of aliphatic hydroxyl groups is 1. The molecule has 0 spiro atoms. The lowest BCUT2D eigenvalue weighted by Crippen LogP contribution is -2.22. The third-order valence-corrected chi connectivity index (χ3v) is 2.06. The third-order valence-electron chi connectivity index (χ3n) is 2.06. The van der Waals surface area contributed by atoms with Crippen molar-refractivity contribution in [1.29, 1.82) is 0 Å². The molecule has 0 bridgehead atoms. The molecule has 0 saturated carbocycles. The molecule has 11 heavy (non-hydrogen) atoms. The summed E-state index contributed by atoms with van der Waals surface area (Å²) in [6.07, 6.45) is 2.27. The third kappa shape index (κ3) is 2.77. The van der Waals surface area contributed by atoms with E-state index in [0.29, 0.717) is 12.1 Å². The summed E-state index contributed by atoms with van der Waals surface area (Å²) in [5, 5.41) is 12.0. The average Bonchev–Trinajstić information content (AvgIpc) is 2.38. The van der Waals surface area contributed by atoms with Gasteiger partial charge in [0.15, 0.2) is 0 Å². The Hall–Kier alpha value is -0.120. The van der Waals surface area contributed by atoms with Crippen LogP contribution in [-0.2, 0) is 4.74 Å². The molecule has 0 radical (unpaired) electrons. The molecule has 0 aromatic carbocycles. The van der Waals surface area contributed by atoms with Gasteiger partial charge in [0.2, 0.25) is 0 Å². The van der Waals surface area contributed by atoms with Crippen molar-refractivity contribution in [3.8, 4) is 0 Å². The summed E-state index contributed by atoms with van der Waals surface area (Å²) in [5.74, 6) is 0. The lowest BCUT2D eigenvalue weighted by molar-refractivity contribution is 0.0751. The van der Waals surface area contributed by atoms with Gasteiger partial charge in [0, 0.05) is 25.8 Å². The average molecular weight is 159 g/mol. The maximum absolute atomic E-state index is 8.66. The summed E-state index contributed by atoms with van der Waals surface area (Å²) < 4.78 is 5.44. The number of ether oxygens (including phenoxy) is 1. The highest BCUT2D eigenvalue weighted by Crippen LogP contribution is 2.12. The molecule has 3 heteroatoms. The normalized spacial score (nSPS) is 31.1. The van der Waals surface area contributed by atoms with Gasteiger partial charge >= 0.3 is 0 Å². The van der Waals surface area contributed by atoms with E-state index in [4.69, 9.17) is 9.84 Å². The SMILES string of the molecule is CCOC1CNC(CCO)C1. The van der Waals surface area contributed by atoms with E-state index in [1.165, 1.54) is 0 Å². The Kier molecular flexibility index (Phi) is 3.83. The molecule has 1 rings (SSSR count). The predicted molar refractivity (Wildman–Crippen MR) is 43.5 cm³/mol. The Morgan fingerprint density at radius 3 is 3.09 bits per heavy atom. The molecule has 0 aliphatic carbocycles. The molecule has 2 unspecified atom stereocenters. The Morgan fingerprint density at radius 1 is 1.64 bits per heavy atom. The van der Waals surface area contributed by atoms with Crippen LogP contribution in [0.15, 0.2) is 0 Å². The van der Waals surface area contributed by atoms with Crippen LogP contribution < -0.4 is 5.32 Å². The first-order valence-electron chi connectivity index (χ1n) is 4.32. The lowest BCUT2D eigenvalue weighted by atomic mass is 10.1. The van der Waals surface area contributed by atoms with Crippen LogP contribution in [0.5, 0.6) is 0 Å².